The first-order valence-electron chi connectivity index (χ1n) is 5.39. The van der Waals surface area contributed by atoms with E-state index in [2.05, 4.69) is 24.4 Å². The number of primary amides is 1. The Balaban J connectivity index is 2.63. The van der Waals surface area contributed by atoms with Gasteiger partial charge in [-0.05, 0) is 31.2 Å². The highest BCUT2D eigenvalue weighted by Crippen LogP contribution is 2.23. The number of hydrogen-bond acceptors (Lipinski definition) is 3. The summed E-state index contributed by atoms with van der Waals surface area (Å²) < 4.78 is 0. The van der Waals surface area contributed by atoms with Crippen LogP contribution in [0, 0.1) is 0 Å². The van der Waals surface area contributed by atoms with E-state index in [0.717, 1.165) is 18.0 Å². The molecule has 1 unspecified atom stereocenters. The highest BCUT2D eigenvalue weighted by molar-refractivity contribution is 8.00. The van der Waals surface area contributed by atoms with Crippen LogP contribution in [0.15, 0.2) is 29.2 Å². The third-order valence-corrected chi connectivity index (χ3v) is 3.30. The van der Waals surface area contributed by atoms with Crippen LogP contribution in [-0.4, -0.2) is 17.7 Å². The zero-order valence-electron chi connectivity index (χ0n) is 9.69. The SMILES string of the molecule is CCNCc1cccc(SC(C)C(N)=O)c1. The molecule has 1 aromatic carbocycles. The van der Waals surface area contributed by atoms with Crippen LogP contribution in [0.25, 0.3) is 0 Å². The van der Waals surface area contributed by atoms with Crippen LogP contribution in [0.5, 0.6) is 0 Å². The minimum Gasteiger partial charge on any atom is -0.369 e. The van der Waals surface area contributed by atoms with E-state index in [1.807, 2.05) is 19.1 Å². The molecule has 0 fully saturated rings. The van der Waals surface area contributed by atoms with Crippen LogP contribution >= 0.6 is 11.8 Å². The summed E-state index contributed by atoms with van der Waals surface area (Å²) in [5, 5.41) is 3.08. The summed E-state index contributed by atoms with van der Waals surface area (Å²) >= 11 is 1.50. The van der Waals surface area contributed by atoms with Gasteiger partial charge in [-0.1, -0.05) is 19.1 Å². The van der Waals surface area contributed by atoms with Crippen LogP contribution in [0.4, 0.5) is 0 Å². The zero-order valence-corrected chi connectivity index (χ0v) is 10.5. The van der Waals surface area contributed by atoms with Crippen molar-refractivity contribution < 1.29 is 4.79 Å². The van der Waals surface area contributed by atoms with Crippen molar-refractivity contribution in [1.29, 1.82) is 0 Å². The molecule has 0 aliphatic heterocycles. The fourth-order valence-corrected chi connectivity index (χ4v) is 2.16. The van der Waals surface area contributed by atoms with Crippen molar-refractivity contribution >= 4 is 17.7 Å². The molecule has 16 heavy (non-hydrogen) atoms. The first-order chi connectivity index (χ1) is 7.63. The third kappa shape index (κ3) is 4.24. The predicted octanol–water partition coefficient (Wildman–Crippen LogP) is 1.76. The second-order valence-corrected chi connectivity index (χ2v) is 5.00. The molecule has 3 nitrogen and oxygen atoms in total. The van der Waals surface area contributed by atoms with Crippen LogP contribution in [0.3, 0.4) is 0 Å². The smallest absolute Gasteiger partial charge is 0.230 e. The Hall–Kier alpha value is -1.00. The average molecular weight is 238 g/mol. The molecular formula is C12H18N2OS. The van der Waals surface area contributed by atoms with Crippen molar-refractivity contribution in [1.82, 2.24) is 5.32 Å². The quantitative estimate of drug-likeness (QED) is 0.743. The molecule has 0 aliphatic carbocycles. The van der Waals surface area contributed by atoms with Gasteiger partial charge in [-0.3, -0.25) is 4.79 Å². The maximum atomic E-state index is 10.9. The second-order valence-electron chi connectivity index (χ2n) is 3.59. The van der Waals surface area contributed by atoms with E-state index in [4.69, 9.17) is 5.73 Å². The number of carbonyl (C=O) groups excluding carboxylic acids is 1. The van der Waals surface area contributed by atoms with Crippen molar-refractivity contribution in [3.63, 3.8) is 0 Å². The van der Waals surface area contributed by atoms with Crippen molar-refractivity contribution in [2.75, 3.05) is 6.54 Å². The van der Waals surface area contributed by atoms with E-state index < -0.39 is 0 Å². The number of benzene rings is 1. The molecule has 0 aromatic heterocycles. The minimum atomic E-state index is -0.276. The fraction of sp³-hybridized carbons (Fsp3) is 0.417. The lowest BCUT2D eigenvalue weighted by molar-refractivity contribution is -0.117. The number of nitrogens with one attached hydrogen (secondary N) is 1. The molecule has 1 aromatic rings. The van der Waals surface area contributed by atoms with Crippen LogP contribution < -0.4 is 11.1 Å². The van der Waals surface area contributed by atoms with Crippen LogP contribution in [0.1, 0.15) is 19.4 Å². The fourth-order valence-electron chi connectivity index (χ4n) is 1.26. The summed E-state index contributed by atoms with van der Waals surface area (Å²) in [7, 11) is 0. The Morgan fingerprint density at radius 3 is 2.94 bits per heavy atom. The number of thioether (sulfide) groups is 1. The zero-order chi connectivity index (χ0) is 12.0. The van der Waals surface area contributed by atoms with Crippen LogP contribution in [-0.2, 0) is 11.3 Å². The standard InChI is InChI=1S/C12H18N2OS/c1-3-14-8-10-5-4-6-11(7-10)16-9(2)12(13)15/h4-7,9,14H,3,8H2,1-2H3,(H2,13,15). The third-order valence-electron chi connectivity index (χ3n) is 2.19. The lowest BCUT2D eigenvalue weighted by atomic mass is 10.2. The van der Waals surface area contributed by atoms with Crippen molar-refractivity contribution in [2.24, 2.45) is 5.73 Å². The Bertz CT molecular complexity index is 355. The first kappa shape index (κ1) is 13.1. The number of carbonyl (C=O) groups is 1. The molecule has 1 amide bonds. The summed E-state index contributed by atoms with van der Waals surface area (Å²) in [4.78, 5) is 12.0. The highest BCUT2D eigenvalue weighted by atomic mass is 32.2. The van der Waals surface area contributed by atoms with E-state index in [1.165, 1.54) is 17.3 Å². The van der Waals surface area contributed by atoms with E-state index in [1.54, 1.807) is 0 Å². The van der Waals surface area contributed by atoms with E-state index in [-0.39, 0.29) is 11.2 Å². The first-order valence-corrected chi connectivity index (χ1v) is 6.27. The van der Waals surface area contributed by atoms with Gasteiger partial charge in [-0.15, -0.1) is 11.8 Å². The molecule has 0 saturated carbocycles. The van der Waals surface area contributed by atoms with Gasteiger partial charge < -0.3 is 11.1 Å². The molecule has 1 rings (SSSR count). The summed E-state index contributed by atoms with van der Waals surface area (Å²) in [6.45, 7) is 5.71. The minimum absolute atomic E-state index is 0.186. The number of hydrogen-bond donors (Lipinski definition) is 2. The average Bonchev–Trinajstić information content (AvgIpc) is 2.26. The van der Waals surface area contributed by atoms with Crippen molar-refractivity contribution in [2.45, 2.75) is 30.5 Å². The molecule has 0 spiro atoms. The molecule has 88 valence electrons. The maximum absolute atomic E-state index is 10.9. The lowest BCUT2D eigenvalue weighted by Gasteiger charge is -2.08. The van der Waals surface area contributed by atoms with Crippen LogP contribution in [0.2, 0.25) is 0 Å². The van der Waals surface area contributed by atoms with Gasteiger partial charge in [-0.25, -0.2) is 0 Å². The van der Waals surface area contributed by atoms with Gasteiger partial charge >= 0.3 is 0 Å². The van der Waals surface area contributed by atoms with E-state index in [0.29, 0.717) is 0 Å². The van der Waals surface area contributed by atoms with E-state index in [9.17, 15) is 4.79 Å². The van der Waals surface area contributed by atoms with Gasteiger partial charge in [-0.2, -0.15) is 0 Å². The van der Waals surface area contributed by atoms with Gasteiger partial charge in [0.05, 0.1) is 5.25 Å². The molecular weight excluding hydrogens is 220 g/mol. The summed E-state index contributed by atoms with van der Waals surface area (Å²) in [5.74, 6) is -0.276. The number of nitrogens with two attached hydrogens (primary N) is 1. The van der Waals surface area contributed by atoms with Crippen molar-refractivity contribution in [3.05, 3.63) is 29.8 Å². The highest BCUT2D eigenvalue weighted by Gasteiger charge is 2.10. The topological polar surface area (TPSA) is 55.1 Å². The summed E-state index contributed by atoms with van der Waals surface area (Å²) in [6, 6.07) is 8.16. The van der Waals surface area contributed by atoms with Gasteiger partial charge in [0.15, 0.2) is 0 Å². The molecule has 0 saturated heterocycles. The molecule has 1 atom stereocenters. The molecule has 4 heteroatoms. The largest absolute Gasteiger partial charge is 0.369 e. The normalized spacial score (nSPS) is 12.4. The lowest BCUT2D eigenvalue weighted by Crippen LogP contribution is -2.22. The van der Waals surface area contributed by atoms with Gasteiger partial charge in [0.1, 0.15) is 0 Å². The molecule has 0 radical (unpaired) electrons. The molecule has 0 aliphatic rings. The Morgan fingerprint density at radius 1 is 1.56 bits per heavy atom. The molecule has 0 heterocycles. The van der Waals surface area contributed by atoms with E-state index >= 15 is 0 Å². The number of amides is 1. The second kappa shape index (κ2) is 6.55. The van der Waals surface area contributed by atoms with Gasteiger partial charge in [0.2, 0.25) is 5.91 Å². The maximum Gasteiger partial charge on any atom is 0.230 e. The summed E-state index contributed by atoms with van der Waals surface area (Å²) in [5.41, 5.74) is 6.46. The Kier molecular flexibility index (Phi) is 5.35. The Labute approximate surface area is 101 Å². The molecule has 0 bridgehead atoms. The van der Waals surface area contributed by atoms with Gasteiger partial charge in [0, 0.05) is 11.4 Å². The summed E-state index contributed by atoms with van der Waals surface area (Å²) in [6.07, 6.45) is 0. The van der Waals surface area contributed by atoms with Gasteiger partial charge in [0.25, 0.3) is 0 Å². The predicted molar refractivity (Wildman–Crippen MR) is 68.3 cm³/mol. The molecule has 3 N–H and O–H groups in total. The number of rotatable bonds is 6. The Morgan fingerprint density at radius 2 is 2.31 bits per heavy atom. The monoisotopic (exact) mass is 238 g/mol. The van der Waals surface area contributed by atoms with Crippen molar-refractivity contribution in [3.8, 4) is 0 Å².